The van der Waals surface area contributed by atoms with Crippen LogP contribution in [-0.4, -0.2) is 37.2 Å². The zero-order chi connectivity index (χ0) is 59.2. The van der Waals surface area contributed by atoms with E-state index < -0.39 is 6.10 Å². The van der Waals surface area contributed by atoms with Crippen molar-refractivity contribution in [1.29, 1.82) is 0 Å². The third-order valence-electron chi connectivity index (χ3n) is 15.0. The largest absolute Gasteiger partial charge is 0.462 e. The van der Waals surface area contributed by atoms with Gasteiger partial charge in [0.2, 0.25) is 0 Å². The lowest BCUT2D eigenvalue weighted by atomic mass is 10.0. The van der Waals surface area contributed by atoms with Crippen LogP contribution in [-0.2, 0) is 28.6 Å². The SMILES string of the molecule is CC/C=C\C/C=C\C/C=C\C/C=C\C/C=C\C/C=C\C/C=C\C/C=C\CCCCCCC(=O)OCC(COC(=O)CCCCCCC/C=C\CCCC)OC(=O)CCCCCCCCCCCCCCCCCCCCCCCCCC. The summed E-state index contributed by atoms with van der Waals surface area (Å²) in [5.74, 6) is -0.911. The van der Waals surface area contributed by atoms with Crippen LogP contribution in [0.3, 0.4) is 0 Å². The second-order valence-electron chi connectivity index (χ2n) is 23.1. The van der Waals surface area contributed by atoms with Gasteiger partial charge in [-0.1, -0.05) is 323 Å². The van der Waals surface area contributed by atoms with Gasteiger partial charge in [-0.3, -0.25) is 14.4 Å². The predicted molar refractivity (Wildman–Crippen MR) is 357 cm³/mol. The first kappa shape index (κ1) is 78.1. The van der Waals surface area contributed by atoms with E-state index in [1.54, 1.807) is 0 Å². The molecule has 0 amide bonds. The first-order valence-corrected chi connectivity index (χ1v) is 34.9. The summed E-state index contributed by atoms with van der Waals surface area (Å²) in [6.07, 6.45) is 95.5. The number of rotatable bonds is 63. The molecule has 0 aliphatic carbocycles. The number of carbonyl (C=O) groups excluding carboxylic acids is 3. The van der Waals surface area contributed by atoms with Crippen molar-refractivity contribution in [1.82, 2.24) is 0 Å². The number of hydrogen-bond acceptors (Lipinski definition) is 6. The molecule has 0 spiro atoms. The summed E-state index contributed by atoms with van der Waals surface area (Å²) in [6, 6.07) is 0. The molecule has 0 fully saturated rings. The molecule has 0 aromatic rings. The Labute approximate surface area is 508 Å². The second-order valence-corrected chi connectivity index (χ2v) is 23.1. The summed E-state index contributed by atoms with van der Waals surface area (Å²) < 4.78 is 16.9. The van der Waals surface area contributed by atoms with E-state index in [0.717, 1.165) is 128 Å². The number of allylic oxidation sites excluding steroid dienone is 18. The molecule has 0 saturated heterocycles. The van der Waals surface area contributed by atoms with Crippen LogP contribution < -0.4 is 0 Å². The Morgan fingerprint density at radius 1 is 0.256 bits per heavy atom. The Bertz CT molecular complexity index is 1640. The minimum Gasteiger partial charge on any atom is -0.462 e. The fourth-order valence-electron chi connectivity index (χ4n) is 9.79. The molecule has 0 aromatic heterocycles. The van der Waals surface area contributed by atoms with Crippen LogP contribution in [0.25, 0.3) is 0 Å². The molecular weight excluding hydrogens is 1010 g/mol. The Balaban J connectivity index is 4.30. The Morgan fingerprint density at radius 2 is 0.488 bits per heavy atom. The molecule has 0 N–H and O–H groups in total. The molecule has 0 saturated carbocycles. The van der Waals surface area contributed by atoms with E-state index in [-0.39, 0.29) is 31.1 Å². The number of hydrogen-bond donors (Lipinski definition) is 0. The van der Waals surface area contributed by atoms with E-state index in [2.05, 4.69) is 130 Å². The fourth-order valence-corrected chi connectivity index (χ4v) is 9.79. The van der Waals surface area contributed by atoms with Crippen LogP contribution >= 0.6 is 0 Å². The average molecular weight is 1140 g/mol. The van der Waals surface area contributed by atoms with Gasteiger partial charge >= 0.3 is 17.9 Å². The van der Waals surface area contributed by atoms with Crippen molar-refractivity contribution in [3.8, 4) is 0 Å². The maximum absolute atomic E-state index is 12.9. The summed E-state index contributed by atoms with van der Waals surface area (Å²) >= 11 is 0. The highest BCUT2D eigenvalue weighted by Gasteiger charge is 2.19. The minimum atomic E-state index is -0.793. The molecule has 0 aromatic carbocycles. The first-order valence-electron chi connectivity index (χ1n) is 34.9. The van der Waals surface area contributed by atoms with Crippen molar-refractivity contribution in [3.63, 3.8) is 0 Å². The molecule has 0 bridgehead atoms. The summed E-state index contributed by atoms with van der Waals surface area (Å²) in [4.78, 5) is 38.3. The van der Waals surface area contributed by atoms with Gasteiger partial charge in [0.25, 0.3) is 0 Å². The standard InChI is InChI=1S/C76H130O6/c1-4-7-10-13-16-19-22-24-26-28-30-32-34-36-37-38-39-40-42-43-45-47-49-51-54-57-60-63-66-69-75(78)81-72-73(71-80-74(77)68-65-62-59-56-53-21-18-15-12-9-6-3)82-76(79)70-67-64-61-58-55-52-50-48-46-44-41-35-33-31-29-27-25-23-20-17-14-11-8-5-2/h7,10,15-16,18-19,24,26,30,32,36-37,39-40,43,45,49,51,73H,4-6,8-9,11-14,17,20-23,25,27-29,31,33-35,38,41-42,44,46-48,50,52-72H2,1-3H3/b10-7-,18-15-,19-16-,26-24-,32-30-,37-36-,40-39-,45-43-,51-49-. The van der Waals surface area contributed by atoms with Gasteiger partial charge in [0.1, 0.15) is 13.2 Å². The third-order valence-corrected chi connectivity index (χ3v) is 15.0. The molecule has 6 nitrogen and oxygen atoms in total. The molecule has 0 radical (unpaired) electrons. The molecule has 1 atom stereocenters. The summed E-state index contributed by atoms with van der Waals surface area (Å²) in [6.45, 7) is 6.50. The van der Waals surface area contributed by atoms with Gasteiger partial charge in [-0.25, -0.2) is 0 Å². The van der Waals surface area contributed by atoms with Gasteiger partial charge in [-0.05, 0) is 103 Å². The summed E-state index contributed by atoms with van der Waals surface area (Å²) in [5, 5.41) is 0. The van der Waals surface area contributed by atoms with Crippen molar-refractivity contribution in [2.45, 2.75) is 341 Å². The van der Waals surface area contributed by atoms with E-state index in [0.29, 0.717) is 19.3 Å². The van der Waals surface area contributed by atoms with Crippen LogP contribution in [0.5, 0.6) is 0 Å². The summed E-state index contributed by atoms with van der Waals surface area (Å²) in [5.41, 5.74) is 0. The monoisotopic (exact) mass is 1140 g/mol. The predicted octanol–water partition coefficient (Wildman–Crippen LogP) is 24.2. The van der Waals surface area contributed by atoms with Crippen LogP contribution in [0.15, 0.2) is 109 Å². The second kappa shape index (κ2) is 69.6. The van der Waals surface area contributed by atoms with Crippen LogP contribution in [0.1, 0.15) is 335 Å². The highest BCUT2D eigenvalue weighted by atomic mass is 16.6. The number of unbranched alkanes of at least 4 members (excludes halogenated alkanes) is 34. The third kappa shape index (κ3) is 66.9. The lowest BCUT2D eigenvalue weighted by molar-refractivity contribution is -0.167. The number of carbonyl (C=O) groups is 3. The smallest absolute Gasteiger partial charge is 0.306 e. The van der Waals surface area contributed by atoms with Crippen LogP contribution in [0.2, 0.25) is 0 Å². The van der Waals surface area contributed by atoms with Crippen LogP contribution in [0, 0.1) is 0 Å². The highest BCUT2D eigenvalue weighted by Crippen LogP contribution is 2.17. The van der Waals surface area contributed by atoms with E-state index in [1.165, 1.54) is 167 Å². The molecule has 0 rings (SSSR count). The Kier molecular flexibility index (Phi) is 66.2. The lowest BCUT2D eigenvalue weighted by Gasteiger charge is -2.18. The van der Waals surface area contributed by atoms with Crippen molar-refractivity contribution < 1.29 is 28.6 Å². The Morgan fingerprint density at radius 3 is 0.793 bits per heavy atom. The van der Waals surface area contributed by atoms with Crippen molar-refractivity contribution in [2.75, 3.05) is 13.2 Å². The van der Waals surface area contributed by atoms with E-state index in [9.17, 15) is 14.4 Å². The van der Waals surface area contributed by atoms with Gasteiger partial charge < -0.3 is 14.2 Å². The molecule has 470 valence electrons. The maximum atomic E-state index is 12.9. The zero-order valence-electron chi connectivity index (χ0n) is 54.0. The van der Waals surface area contributed by atoms with Gasteiger partial charge in [0.15, 0.2) is 6.10 Å². The number of esters is 3. The molecule has 0 aliphatic heterocycles. The number of ether oxygens (including phenoxy) is 3. The van der Waals surface area contributed by atoms with E-state index in [4.69, 9.17) is 14.2 Å². The molecule has 82 heavy (non-hydrogen) atoms. The molecular formula is C76H130O6. The molecule has 1 unspecified atom stereocenters. The Hall–Kier alpha value is -3.93. The zero-order valence-corrected chi connectivity index (χ0v) is 54.0. The van der Waals surface area contributed by atoms with Crippen molar-refractivity contribution in [3.05, 3.63) is 109 Å². The average Bonchev–Trinajstić information content (AvgIpc) is 3.47. The van der Waals surface area contributed by atoms with E-state index >= 15 is 0 Å². The van der Waals surface area contributed by atoms with Crippen LogP contribution in [0.4, 0.5) is 0 Å². The van der Waals surface area contributed by atoms with Gasteiger partial charge in [0, 0.05) is 19.3 Å². The van der Waals surface area contributed by atoms with Gasteiger partial charge in [0.05, 0.1) is 0 Å². The molecule has 6 heteroatoms. The van der Waals surface area contributed by atoms with Crippen molar-refractivity contribution in [2.24, 2.45) is 0 Å². The fraction of sp³-hybridized carbons (Fsp3) is 0.724. The van der Waals surface area contributed by atoms with Crippen molar-refractivity contribution >= 4 is 17.9 Å². The lowest BCUT2D eigenvalue weighted by Crippen LogP contribution is -2.30. The molecule has 0 heterocycles. The summed E-state index contributed by atoms with van der Waals surface area (Å²) in [7, 11) is 0. The molecule has 0 aliphatic rings. The van der Waals surface area contributed by atoms with Gasteiger partial charge in [-0.2, -0.15) is 0 Å². The van der Waals surface area contributed by atoms with Gasteiger partial charge in [-0.15, -0.1) is 0 Å². The maximum Gasteiger partial charge on any atom is 0.306 e. The van der Waals surface area contributed by atoms with E-state index in [1.807, 2.05) is 0 Å². The minimum absolute atomic E-state index is 0.0888. The quantitative estimate of drug-likeness (QED) is 0.0261. The highest BCUT2D eigenvalue weighted by molar-refractivity contribution is 5.71. The normalized spacial score (nSPS) is 12.8. The topological polar surface area (TPSA) is 78.9 Å². The first-order chi connectivity index (χ1) is 40.5.